The van der Waals surface area contributed by atoms with Crippen LogP contribution in [0.3, 0.4) is 0 Å². The number of nitrogens with one attached hydrogen (secondary N) is 1. The quantitative estimate of drug-likeness (QED) is 0.618. The van der Waals surface area contributed by atoms with E-state index in [-0.39, 0.29) is 0 Å². The van der Waals surface area contributed by atoms with E-state index in [4.69, 9.17) is 5.73 Å². The summed E-state index contributed by atoms with van der Waals surface area (Å²) in [4.78, 5) is 3.07. The van der Waals surface area contributed by atoms with Crippen LogP contribution in [-0.2, 0) is 0 Å². The summed E-state index contributed by atoms with van der Waals surface area (Å²) in [5.74, 6) is 0. The highest BCUT2D eigenvalue weighted by molar-refractivity contribution is 5.79. The van der Waals surface area contributed by atoms with Crippen LogP contribution in [0.4, 0.5) is 0 Å². The third-order valence-corrected chi connectivity index (χ3v) is 2.75. The molecule has 0 aliphatic carbocycles. The van der Waals surface area contributed by atoms with Gasteiger partial charge in [0.1, 0.15) is 6.10 Å². The van der Waals surface area contributed by atoms with Gasteiger partial charge in [-0.25, -0.2) is 0 Å². The molecular weight excluding hydrogens is 204 g/mol. The normalized spacial score (nSPS) is 15.2. The van der Waals surface area contributed by atoms with Gasteiger partial charge in [-0.15, -0.1) is 0 Å². The number of fused-ring (bicyclic) bond motifs is 1. The predicted molar refractivity (Wildman–Crippen MR) is 62.9 cm³/mol. The molecule has 0 saturated carbocycles. The van der Waals surface area contributed by atoms with Gasteiger partial charge in [-0.3, -0.25) is 0 Å². The van der Waals surface area contributed by atoms with Gasteiger partial charge in [0, 0.05) is 11.7 Å². The topological polar surface area (TPSA) is 82.3 Å². The molecule has 0 aliphatic heterocycles. The van der Waals surface area contributed by atoms with Crippen molar-refractivity contribution in [2.24, 2.45) is 5.73 Å². The summed E-state index contributed by atoms with van der Waals surface area (Å²) in [6.07, 6.45) is 0.551. The maximum Gasteiger partial charge on any atom is 0.105 e. The Labute approximate surface area is 93.7 Å². The minimum Gasteiger partial charge on any atom is -0.390 e. The predicted octanol–water partition coefficient (Wildman–Crippen LogP) is 0.911. The number of aromatic nitrogens is 1. The monoisotopic (exact) mass is 220 g/mol. The SMILES string of the molecule is NCCC(O)C(O)c1ccc2cc[nH]c2c1. The Morgan fingerprint density at radius 1 is 1.25 bits per heavy atom. The van der Waals surface area contributed by atoms with Gasteiger partial charge in [0.2, 0.25) is 0 Å². The van der Waals surface area contributed by atoms with Gasteiger partial charge in [-0.1, -0.05) is 12.1 Å². The van der Waals surface area contributed by atoms with E-state index in [0.29, 0.717) is 18.5 Å². The first-order valence-electron chi connectivity index (χ1n) is 5.35. The van der Waals surface area contributed by atoms with Crippen LogP contribution in [0.25, 0.3) is 10.9 Å². The summed E-state index contributed by atoms with van der Waals surface area (Å²) in [5.41, 5.74) is 7.00. The van der Waals surface area contributed by atoms with E-state index in [0.717, 1.165) is 10.9 Å². The summed E-state index contributed by atoms with van der Waals surface area (Å²) in [5, 5.41) is 20.6. The Morgan fingerprint density at radius 3 is 2.81 bits per heavy atom. The molecule has 0 aliphatic rings. The van der Waals surface area contributed by atoms with Gasteiger partial charge in [0.15, 0.2) is 0 Å². The van der Waals surface area contributed by atoms with Crippen molar-refractivity contribution in [2.45, 2.75) is 18.6 Å². The van der Waals surface area contributed by atoms with E-state index in [1.165, 1.54) is 0 Å². The first-order chi connectivity index (χ1) is 7.72. The molecule has 2 aromatic rings. The van der Waals surface area contributed by atoms with Crippen molar-refractivity contribution >= 4 is 10.9 Å². The number of nitrogens with two attached hydrogens (primary N) is 1. The molecule has 1 heterocycles. The fourth-order valence-electron chi connectivity index (χ4n) is 1.80. The minimum atomic E-state index is -0.878. The second-order valence-electron chi connectivity index (χ2n) is 3.91. The zero-order chi connectivity index (χ0) is 11.5. The number of hydrogen-bond acceptors (Lipinski definition) is 3. The number of H-pyrrole nitrogens is 1. The first-order valence-corrected chi connectivity index (χ1v) is 5.35. The molecule has 0 amide bonds. The Kier molecular flexibility index (Phi) is 3.24. The Bertz CT molecular complexity index is 467. The molecule has 4 nitrogen and oxygen atoms in total. The van der Waals surface area contributed by atoms with Gasteiger partial charge < -0.3 is 20.9 Å². The maximum atomic E-state index is 9.90. The summed E-state index contributed by atoms with van der Waals surface area (Å²) in [6.45, 7) is 0.364. The summed E-state index contributed by atoms with van der Waals surface area (Å²) < 4.78 is 0. The molecular formula is C12H16N2O2. The first kappa shape index (κ1) is 11.1. The third-order valence-electron chi connectivity index (χ3n) is 2.75. The van der Waals surface area contributed by atoms with Crippen LogP contribution in [0.1, 0.15) is 18.1 Å². The lowest BCUT2D eigenvalue weighted by Gasteiger charge is -2.17. The standard InChI is InChI=1S/C12H16N2O2/c13-5-3-11(15)12(16)9-2-1-8-4-6-14-10(8)7-9/h1-2,4,6-7,11-12,14-16H,3,5,13H2. The van der Waals surface area contributed by atoms with Gasteiger partial charge in [-0.05, 0) is 36.0 Å². The zero-order valence-electron chi connectivity index (χ0n) is 8.93. The molecule has 86 valence electrons. The highest BCUT2D eigenvalue weighted by atomic mass is 16.3. The van der Waals surface area contributed by atoms with Crippen LogP contribution in [0, 0.1) is 0 Å². The average molecular weight is 220 g/mol. The van der Waals surface area contributed by atoms with E-state index in [1.54, 1.807) is 0 Å². The molecule has 0 saturated heterocycles. The van der Waals surface area contributed by atoms with E-state index < -0.39 is 12.2 Å². The molecule has 5 N–H and O–H groups in total. The van der Waals surface area contributed by atoms with Crippen LogP contribution in [0.2, 0.25) is 0 Å². The van der Waals surface area contributed by atoms with Crippen molar-refractivity contribution in [1.29, 1.82) is 0 Å². The number of rotatable bonds is 4. The van der Waals surface area contributed by atoms with Crippen molar-refractivity contribution < 1.29 is 10.2 Å². The maximum absolute atomic E-state index is 9.90. The molecule has 1 aromatic carbocycles. The van der Waals surface area contributed by atoms with E-state index in [2.05, 4.69) is 4.98 Å². The Morgan fingerprint density at radius 2 is 2.06 bits per heavy atom. The highest BCUT2D eigenvalue weighted by Crippen LogP contribution is 2.22. The average Bonchev–Trinajstić information content (AvgIpc) is 2.75. The van der Waals surface area contributed by atoms with Crippen molar-refractivity contribution in [1.82, 2.24) is 4.98 Å². The van der Waals surface area contributed by atoms with Crippen molar-refractivity contribution in [2.75, 3.05) is 6.54 Å². The third kappa shape index (κ3) is 2.09. The van der Waals surface area contributed by atoms with Crippen LogP contribution in [0.15, 0.2) is 30.5 Å². The van der Waals surface area contributed by atoms with Crippen molar-refractivity contribution in [3.8, 4) is 0 Å². The van der Waals surface area contributed by atoms with Crippen LogP contribution < -0.4 is 5.73 Å². The lowest BCUT2D eigenvalue weighted by atomic mass is 10.0. The lowest BCUT2D eigenvalue weighted by molar-refractivity contribution is 0.0151. The zero-order valence-corrected chi connectivity index (χ0v) is 8.93. The summed E-state index contributed by atoms with van der Waals surface area (Å²) in [6, 6.07) is 7.54. The van der Waals surface area contributed by atoms with Crippen molar-refractivity contribution in [3.05, 3.63) is 36.0 Å². The molecule has 2 atom stereocenters. The molecule has 0 bridgehead atoms. The van der Waals surface area contributed by atoms with E-state index in [1.807, 2.05) is 30.5 Å². The number of hydrogen-bond donors (Lipinski definition) is 4. The Hall–Kier alpha value is -1.36. The summed E-state index contributed by atoms with van der Waals surface area (Å²) in [7, 11) is 0. The molecule has 2 rings (SSSR count). The summed E-state index contributed by atoms with van der Waals surface area (Å²) >= 11 is 0. The van der Waals surface area contributed by atoms with Crippen molar-refractivity contribution in [3.63, 3.8) is 0 Å². The Balaban J connectivity index is 2.24. The largest absolute Gasteiger partial charge is 0.390 e. The van der Waals surface area contributed by atoms with E-state index >= 15 is 0 Å². The van der Waals surface area contributed by atoms with Gasteiger partial charge in [-0.2, -0.15) is 0 Å². The van der Waals surface area contributed by atoms with Gasteiger partial charge in [0.05, 0.1) is 6.10 Å². The number of aromatic amines is 1. The highest BCUT2D eigenvalue weighted by Gasteiger charge is 2.17. The fourth-order valence-corrected chi connectivity index (χ4v) is 1.80. The number of aliphatic hydroxyl groups is 2. The smallest absolute Gasteiger partial charge is 0.105 e. The lowest BCUT2D eigenvalue weighted by Crippen LogP contribution is -2.21. The van der Waals surface area contributed by atoms with Crippen LogP contribution >= 0.6 is 0 Å². The van der Waals surface area contributed by atoms with Gasteiger partial charge in [0.25, 0.3) is 0 Å². The molecule has 0 spiro atoms. The molecule has 16 heavy (non-hydrogen) atoms. The second kappa shape index (κ2) is 4.65. The number of benzene rings is 1. The van der Waals surface area contributed by atoms with Gasteiger partial charge >= 0.3 is 0 Å². The molecule has 0 fully saturated rings. The molecule has 2 unspecified atom stereocenters. The molecule has 4 heteroatoms. The minimum absolute atomic E-state index is 0.364. The number of aliphatic hydroxyl groups excluding tert-OH is 2. The van der Waals surface area contributed by atoms with Crippen LogP contribution in [-0.4, -0.2) is 27.8 Å². The molecule has 0 radical (unpaired) electrons. The molecule has 1 aromatic heterocycles. The van der Waals surface area contributed by atoms with E-state index in [9.17, 15) is 10.2 Å². The van der Waals surface area contributed by atoms with Crippen LogP contribution in [0.5, 0.6) is 0 Å². The fraction of sp³-hybridized carbons (Fsp3) is 0.333. The second-order valence-corrected chi connectivity index (χ2v) is 3.91.